The Morgan fingerprint density at radius 2 is 1.91 bits per heavy atom. The van der Waals surface area contributed by atoms with Crippen LogP contribution in [-0.4, -0.2) is 57.6 Å². The lowest BCUT2D eigenvalue weighted by molar-refractivity contribution is -0.274. The van der Waals surface area contributed by atoms with Crippen molar-refractivity contribution >= 4 is 17.6 Å². The summed E-state index contributed by atoms with van der Waals surface area (Å²) in [6.07, 6.45) is 1.28. The summed E-state index contributed by atoms with van der Waals surface area (Å²) < 4.78 is 41.5. The van der Waals surface area contributed by atoms with Crippen LogP contribution in [-0.2, 0) is 6.54 Å². The predicted octanol–water partition coefficient (Wildman–Crippen LogP) is 4.82. The number of H-pyrrole nitrogens is 1. The first-order valence-electron chi connectivity index (χ1n) is 11.8. The number of likely N-dealkylation sites (tertiary alicyclic amines) is 1. The molecule has 0 bridgehead atoms. The molecule has 1 saturated carbocycles. The van der Waals surface area contributed by atoms with Crippen molar-refractivity contribution in [3.63, 3.8) is 0 Å². The van der Waals surface area contributed by atoms with Crippen molar-refractivity contribution in [2.75, 3.05) is 30.4 Å². The van der Waals surface area contributed by atoms with Crippen molar-refractivity contribution in [2.24, 2.45) is 0 Å². The Morgan fingerprint density at radius 1 is 1.11 bits per heavy atom. The molecule has 2 fully saturated rings. The van der Waals surface area contributed by atoms with E-state index in [-0.39, 0.29) is 11.8 Å². The molecule has 1 aromatic carbocycles. The van der Waals surface area contributed by atoms with Gasteiger partial charge in [0.15, 0.2) is 5.82 Å². The highest BCUT2D eigenvalue weighted by atomic mass is 19.4. The molecule has 5 rings (SSSR count). The summed E-state index contributed by atoms with van der Waals surface area (Å²) in [4.78, 5) is 13.5. The first kappa shape index (κ1) is 23.4. The summed E-state index contributed by atoms with van der Waals surface area (Å²) in [6, 6.07) is 10.3. The van der Waals surface area contributed by atoms with E-state index in [9.17, 15) is 13.2 Å². The minimum absolute atomic E-state index is 0.186. The molecular weight excluding hydrogens is 459 g/mol. The molecule has 35 heavy (non-hydrogen) atoms. The van der Waals surface area contributed by atoms with Crippen LogP contribution in [0.5, 0.6) is 5.75 Å². The number of hydrogen-bond donors (Lipinski definition) is 2. The number of piperidine rings is 1. The van der Waals surface area contributed by atoms with Gasteiger partial charge in [-0.25, -0.2) is 4.98 Å². The maximum absolute atomic E-state index is 12.5. The van der Waals surface area contributed by atoms with E-state index >= 15 is 0 Å². The number of anilines is 3. The molecule has 0 amide bonds. The second-order valence-corrected chi connectivity index (χ2v) is 9.16. The van der Waals surface area contributed by atoms with E-state index in [1.165, 1.54) is 25.0 Å². The number of halogens is 3. The molecule has 2 aromatic heterocycles. The number of hydrogen-bond acceptors (Lipinski definition) is 7. The average molecular weight is 488 g/mol. The van der Waals surface area contributed by atoms with Crippen LogP contribution in [0.4, 0.5) is 30.8 Å². The first-order valence-corrected chi connectivity index (χ1v) is 11.8. The highest BCUT2D eigenvalue weighted by Crippen LogP contribution is 2.39. The smallest absolute Gasteiger partial charge is 0.406 e. The molecule has 0 radical (unpaired) electrons. The number of nitrogens with one attached hydrogen (secondary N) is 2. The number of nitrogens with zero attached hydrogens (tertiary/aromatic N) is 5. The van der Waals surface area contributed by atoms with Gasteiger partial charge in [-0.2, -0.15) is 10.1 Å². The average Bonchev–Trinajstić information content (AvgIpc) is 3.57. The molecule has 2 aliphatic rings. The molecule has 3 aromatic rings. The standard InChI is InChI=1S/C24H28F3N7O/c1-33(23-28-10-7-21(30-23)29-22-14-20(31-32-22)17-5-6-17)18-8-11-34(12-9-18)15-16-3-2-4-19(13-16)35-24(25,26)27/h2-4,7,10,13-14,17-18H,5-6,8-9,11-12,15H2,1H3,(H2,28,29,30,31,32). The van der Waals surface area contributed by atoms with Crippen molar-refractivity contribution in [3.8, 4) is 5.75 Å². The van der Waals surface area contributed by atoms with Gasteiger partial charge in [0.1, 0.15) is 11.6 Å². The lowest BCUT2D eigenvalue weighted by Crippen LogP contribution is -2.43. The quantitative estimate of drug-likeness (QED) is 0.471. The van der Waals surface area contributed by atoms with Crippen LogP contribution in [0, 0.1) is 0 Å². The van der Waals surface area contributed by atoms with Gasteiger partial charge >= 0.3 is 6.36 Å². The zero-order valence-corrected chi connectivity index (χ0v) is 19.4. The number of aromatic amines is 1. The van der Waals surface area contributed by atoms with Crippen molar-refractivity contribution in [2.45, 2.75) is 50.6 Å². The summed E-state index contributed by atoms with van der Waals surface area (Å²) in [7, 11) is 2.00. The Morgan fingerprint density at radius 3 is 2.66 bits per heavy atom. The zero-order chi connectivity index (χ0) is 24.4. The van der Waals surface area contributed by atoms with Crippen LogP contribution in [0.3, 0.4) is 0 Å². The van der Waals surface area contributed by atoms with E-state index in [0.29, 0.717) is 24.2 Å². The molecular formula is C24H28F3N7O. The van der Waals surface area contributed by atoms with E-state index in [1.54, 1.807) is 12.3 Å². The summed E-state index contributed by atoms with van der Waals surface area (Å²) in [5, 5.41) is 10.7. The lowest BCUT2D eigenvalue weighted by Gasteiger charge is -2.36. The van der Waals surface area contributed by atoms with E-state index in [4.69, 9.17) is 0 Å². The minimum Gasteiger partial charge on any atom is -0.406 e. The summed E-state index contributed by atoms with van der Waals surface area (Å²) in [5.41, 5.74) is 1.95. The molecule has 1 saturated heterocycles. The van der Waals surface area contributed by atoms with E-state index in [0.717, 1.165) is 43.0 Å². The molecule has 8 nitrogen and oxygen atoms in total. The van der Waals surface area contributed by atoms with Crippen LogP contribution >= 0.6 is 0 Å². The maximum Gasteiger partial charge on any atom is 0.573 e. The third kappa shape index (κ3) is 6.21. The molecule has 186 valence electrons. The normalized spacial score (nSPS) is 17.4. The van der Waals surface area contributed by atoms with Crippen molar-refractivity contribution in [1.82, 2.24) is 25.1 Å². The monoisotopic (exact) mass is 487 g/mol. The second-order valence-electron chi connectivity index (χ2n) is 9.16. The maximum atomic E-state index is 12.5. The molecule has 0 atom stereocenters. The molecule has 3 heterocycles. The first-order chi connectivity index (χ1) is 16.8. The number of ether oxygens (including phenoxy) is 1. The summed E-state index contributed by atoms with van der Waals surface area (Å²) in [5.74, 6) is 2.50. The largest absolute Gasteiger partial charge is 0.573 e. The van der Waals surface area contributed by atoms with Gasteiger partial charge in [0.25, 0.3) is 0 Å². The van der Waals surface area contributed by atoms with Gasteiger partial charge in [0.05, 0.1) is 0 Å². The number of rotatable bonds is 8. The Hall–Kier alpha value is -3.34. The lowest BCUT2D eigenvalue weighted by atomic mass is 10.0. The Labute approximate surface area is 201 Å². The van der Waals surface area contributed by atoms with E-state index < -0.39 is 6.36 Å². The fraction of sp³-hybridized carbons (Fsp3) is 0.458. The van der Waals surface area contributed by atoms with Crippen LogP contribution in [0.1, 0.15) is 42.9 Å². The molecule has 0 unspecified atom stereocenters. The van der Waals surface area contributed by atoms with Crippen LogP contribution < -0.4 is 15.0 Å². The van der Waals surface area contributed by atoms with E-state index in [1.807, 2.05) is 25.2 Å². The fourth-order valence-electron chi connectivity index (χ4n) is 4.45. The number of benzene rings is 1. The van der Waals surface area contributed by atoms with Gasteiger partial charge in [0.2, 0.25) is 5.95 Å². The van der Waals surface area contributed by atoms with Crippen LogP contribution in [0.2, 0.25) is 0 Å². The highest BCUT2D eigenvalue weighted by molar-refractivity contribution is 5.53. The topological polar surface area (TPSA) is 82.2 Å². The number of alkyl halides is 3. The van der Waals surface area contributed by atoms with Crippen molar-refractivity contribution < 1.29 is 17.9 Å². The van der Waals surface area contributed by atoms with Crippen LogP contribution in [0.25, 0.3) is 0 Å². The van der Waals surface area contributed by atoms with Gasteiger partial charge in [-0.05, 0) is 49.4 Å². The molecule has 2 N–H and O–H groups in total. The summed E-state index contributed by atoms with van der Waals surface area (Å²) >= 11 is 0. The van der Waals surface area contributed by atoms with Crippen LogP contribution in [0.15, 0.2) is 42.6 Å². The summed E-state index contributed by atoms with van der Waals surface area (Å²) in [6.45, 7) is 2.23. The molecule has 1 aliphatic carbocycles. The van der Waals surface area contributed by atoms with Gasteiger partial charge < -0.3 is 15.0 Å². The Balaban J connectivity index is 1.14. The molecule has 11 heteroatoms. The SMILES string of the molecule is CN(c1nccc(Nc2cc(C3CC3)[nH]n2)n1)C1CCN(Cc2cccc(OC(F)(F)F)c2)CC1. The number of aromatic nitrogens is 4. The fourth-order valence-corrected chi connectivity index (χ4v) is 4.45. The highest BCUT2D eigenvalue weighted by Gasteiger charge is 2.31. The van der Waals surface area contributed by atoms with Crippen molar-refractivity contribution in [1.29, 1.82) is 0 Å². The van der Waals surface area contributed by atoms with E-state index in [2.05, 4.69) is 40.0 Å². The molecule has 0 spiro atoms. The third-order valence-corrected chi connectivity index (χ3v) is 6.47. The Kier molecular flexibility index (Phi) is 6.50. The van der Waals surface area contributed by atoms with Gasteiger partial charge in [-0.1, -0.05) is 12.1 Å². The second kappa shape index (κ2) is 9.73. The van der Waals surface area contributed by atoms with Crippen molar-refractivity contribution in [3.05, 3.63) is 53.9 Å². The Bertz CT molecular complexity index is 1140. The molecule has 1 aliphatic heterocycles. The minimum atomic E-state index is -4.69. The van der Waals surface area contributed by atoms with Gasteiger partial charge in [0, 0.05) is 56.6 Å². The third-order valence-electron chi connectivity index (χ3n) is 6.47. The zero-order valence-electron chi connectivity index (χ0n) is 19.4. The van der Waals surface area contributed by atoms with Gasteiger partial charge in [-0.15, -0.1) is 13.2 Å². The predicted molar refractivity (Wildman–Crippen MR) is 126 cm³/mol. The van der Waals surface area contributed by atoms with Gasteiger partial charge in [-0.3, -0.25) is 10.00 Å².